The quantitative estimate of drug-likeness (QED) is 0.548. The third-order valence-corrected chi connectivity index (χ3v) is 2.32. The molecular formula is C12H12. The first kappa shape index (κ1) is 7.35. The van der Waals surface area contributed by atoms with Crippen molar-refractivity contribution < 1.29 is 0 Å². The lowest BCUT2D eigenvalue weighted by atomic mass is 10.1. The number of rotatable bonds is 0. The molecule has 0 aromatic carbocycles. The minimum absolute atomic E-state index is 1.34. The maximum absolute atomic E-state index is 2.18. The van der Waals surface area contributed by atoms with Crippen LogP contribution in [0.15, 0.2) is 36.4 Å². The lowest BCUT2D eigenvalue weighted by Gasteiger charge is -1.98. The van der Waals surface area contributed by atoms with Crippen LogP contribution < -0.4 is 0 Å². The van der Waals surface area contributed by atoms with E-state index in [0.29, 0.717) is 0 Å². The van der Waals surface area contributed by atoms with Gasteiger partial charge in [-0.3, -0.25) is 0 Å². The van der Waals surface area contributed by atoms with E-state index in [0.717, 1.165) is 0 Å². The minimum Gasteiger partial charge on any atom is -0.0620 e. The maximum atomic E-state index is 2.18. The van der Waals surface area contributed by atoms with Gasteiger partial charge in [0.1, 0.15) is 0 Å². The Balaban J connectivity index is 2.82. The summed E-state index contributed by atoms with van der Waals surface area (Å²) in [5, 5.41) is 0. The van der Waals surface area contributed by atoms with E-state index in [1.807, 2.05) is 0 Å². The zero-order valence-electron chi connectivity index (χ0n) is 7.46. The summed E-state index contributed by atoms with van der Waals surface area (Å²) < 4.78 is 0. The molecule has 12 heavy (non-hydrogen) atoms. The van der Waals surface area contributed by atoms with Gasteiger partial charge in [0, 0.05) is 0 Å². The summed E-state index contributed by atoms with van der Waals surface area (Å²) in [6.45, 7) is 4.32. The van der Waals surface area contributed by atoms with Crippen LogP contribution in [0.1, 0.15) is 11.1 Å². The van der Waals surface area contributed by atoms with E-state index >= 15 is 0 Å². The van der Waals surface area contributed by atoms with Crippen molar-refractivity contribution >= 4 is 0 Å². The highest BCUT2D eigenvalue weighted by molar-refractivity contribution is 5.73. The van der Waals surface area contributed by atoms with Crippen LogP contribution in [0.25, 0.3) is 11.1 Å². The molecule has 0 heterocycles. The molecule has 0 unspecified atom stereocenters. The zero-order valence-corrected chi connectivity index (χ0v) is 7.46. The van der Waals surface area contributed by atoms with Gasteiger partial charge in [0.25, 0.3) is 0 Å². The maximum Gasteiger partial charge on any atom is -0.0125 e. The fourth-order valence-electron chi connectivity index (χ4n) is 1.73. The molecule has 0 N–H and O–H groups in total. The molecule has 60 valence electrons. The SMILES string of the molecule is Cc1ccccc2ccc(C)c1-2. The van der Waals surface area contributed by atoms with E-state index in [1.165, 1.54) is 22.3 Å². The molecule has 0 aromatic heterocycles. The molecule has 0 saturated carbocycles. The lowest BCUT2D eigenvalue weighted by Crippen LogP contribution is -1.76. The number of aryl methyl sites for hydroxylation is 2. The molecule has 2 rings (SSSR count). The predicted octanol–water partition coefficient (Wildman–Crippen LogP) is 3.41. The third-order valence-electron chi connectivity index (χ3n) is 2.32. The summed E-state index contributed by atoms with van der Waals surface area (Å²) >= 11 is 0. The van der Waals surface area contributed by atoms with E-state index < -0.39 is 0 Å². The van der Waals surface area contributed by atoms with Gasteiger partial charge in [-0.05, 0) is 36.1 Å². The number of fused-ring (bicyclic) bond motifs is 1. The van der Waals surface area contributed by atoms with Gasteiger partial charge in [-0.1, -0.05) is 36.4 Å². The monoisotopic (exact) mass is 156 g/mol. The Labute approximate surface area is 73.2 Å². The summed E-state index contributed by atoms with van der Waals surface area (Å²) in [5.74, 6) is 0. The van der Waals surface area contributed by atoms with Crippen molar-refractivity contribution in [2.24, 2.45) is 0 Å². The zero-order chi connectivity index (χ0) is 8.55. The molecule has 0 heteroatoms. The van der Waals surface area contributed by atoms with Gasteiger partial charge in [-0.25, -0.2) is 0 Å². The molecule has 2 aliphatic rings. The smallest absolute Gasteiger partial charge is 0.0125 e. The van der Waals surface area contributed by atoms with Crippen LogP contribution in [0.3, 0.4) is 0 Å². The number of hydrogen-bond donors (Lipinski definition) is 0. The molecule has 0 amide bonds. The molecule has 0 aliphatic heterocycles. The molecule has 0 saturated heterocycles. The molecule has 0 fully saturated rings. The first-order valence-corrected chi connectivity index (χ1v) is 4.24. The molecule has 0 bridgehead atoms. The standard InChI is InChI=1S/C12H12/c1-9-5-3-4-6-11-8-7-10(2)12(9)11/h3-8H,1-2H3. The summed E-state index contributed by atoms with van der Waals surface area (Å²) in [6.07, 6.45) is 0. The van der Waals surface area contributed by atoms with Crippen molar-refractivity contribution in [3.05, 3.63) is 47.5 Å². The fourth-order valence-corrected chi connectivity index (χ4v) is 1.73. The summed E-state index contributed by atoms with van der Waals surface area (Å²) in [7, 11) is 0. The summed E-state index contributed by atoms with van der Waals surface area (Å²) in [4.78, 5) is 0. The van der Waals surface area contributed by atoms with Gasteiger partial charge in [-0.2, -0.15) is 0 Å². The average molecular weight is 156 g/mol. The van der Waals surface area contributed by atoms with E-state index in [2.05, 4.69) is 50.2 Å². The topological polar surface area (TPSA) is 0 Å². The van der Waals surface area contributed by atoms with Gasteiger partial charge in [0.15, 0.2) is 0 Å². The van der Waals surface area contributed by atoms with Gasteiger partial charge in [0.05, 0.1) is 0 Å². The van der Waals surface area contributed by atoms with Crippen LogP contribution in [0.4, 0.5) is 0 Å². The Morgan fingerprint density at radius 1 is 0.750 bits per heavy atom. The fraction of sp³-hybridized carbons (Fsp3) is 0.167. The average Bonchev–Trinajstić information content (AvgIpc) is 2.29. The van der Waals surface area contributed by atoms with Crippen molar-refractivity contribution in [1.29, 1.82) is 0 Å². The van der Waals surface area contributed by atoms with E-state index in [9.17, 15) is 0 Å². The number of hydrogen-bond acceptors (Lipinski definition) is 0. The molecular weight excluding hydrogens is 144 g/mol. The second kappa shape index (κ2) is 2.63. The van der Waals surface area contributed by atoms with Crippen LogP contribution in [0, 0.1) is 13.8 Å². The molecule has 0 spiro atoms. The summed E-state index contributed by atoms with van der Waals surface area (Å²) in [6, 6.07) is 12.9. The Morgan fingerprint density at radius 2 is 1.42 bits per heavy atom. The van der Waals surface area contributed by atoms with Gasteiger partial charge < -0.3 is 0 Å². The normalized spacial score (nSPS) is 10.5. The molecule has 0 nitrogen and oxygen atoms in total. The van der Waals surface area contributed by atoms with Gasteiger partial charge in [0.2, 0.25) is 0 Å². The molecule has 2 aliphatic carbocycles. The molecule has 0 aromatic rings. The first-order chi connectivity index (χ1) is 5.79. The van der Waals surface area contributed by atoms with Gasteiger partial charge in [-0.15, -0.1) is 0 Å². The highest BCUT2D eigenvalue weighted by Crippen LogP contribution is 2.29. The van der Waals surface area contributed by atoms with Crippen LogP contribution in [0.2, 0.25) is 0 Å². The Bertz CT molecular complexity index is 374. The van der Waals surface area contributed by atoms with E-state index in [4.69, 9.17) is 0 Å². The highest BCUT2D eigenvalue weighted by Gasteiger charge is 2.05. The van der Waals surface area contributed by atoms with Crippen molar-refractivity contribution in [2.75, 3.05) is 0 Å². The Hall–Kier alpha value is -1.30. The molecule has 0 atom stereocenters. The second-order valence-corrected chi connectivity index (χ2v) is 3.25. The second-order valence-electron chi connectivity index (χ2n) is 3.25. The highest BCUT2D eigenvalue weighted by atomic mass is 14.1. The van der Waals surface area contributed by atoms with Crippen LogP contribution in [-0.2, 0) is 0 Å². The van der Waals surface area contributed by atoms with Crippen LogP contribution in [-0.4, -0.2) is 0 Å². The Kier molecular flexibility index (Phi) is 1.61. The van der Waals surface area contributed by atoms with E-state index in [-0.39, 0.29) is 0 Å². The van der Waals surface area contributed by atoms with Gasteiger partial charge >= 0.3 is 0 Å². The predicted molar refractivity (Wildman–Crippen MR) is 52.5 cm³/mol. The summed E-state index contributed by atoms with van der Waals surface area (Å²) in [5.41, 5.74) is 5.48. The third kappa shape index (κ3) is 1.00. The van der Waals surface area contributed by atoms with Crippen LogP contribution >= 0.6 is 0 Å². The first-order valence-electron chi connectivity index (χ1n) is 4.24. The van der Waals surface area contributed by atoms with Crippen LogP contribution in [0.5, 0.6) is 0 Å². The minimum atomic E-state index is 1.34. The largest absolute Gasteiger partial charge is 0.0620 e. The van der Waals surface area contributed by atoms with Crippen molar-refractivity contribution in [3.8, 4) is 11.1 Å². The molecule has 0 radical (unpaired) electrons. The van der Waals surface area contributed by atoms with Crippen molar-refractivity contribution in [3.63, 3.8) is 0 Å². The van der Waals surface area contributed by atoms with Crippen molar-refractivity contribution in [1.82, 2.24) is 0 Å². The van der Waals surface area contributed by atoms with E-state index in [1.54, 1.807) is 0 Å². The Morgan fingerprint density at radius 3 is 2.25 bits per heavy atom. The lowest BCUT2D eigenvalue weighted by molar-refractivity contribution is 1.45. The van der Waals surface area contributed by atoms with Crippen molar-refractivity contribution in [2.45, 2.75) is 13.8 Å².